The molecule has 1 saturated heterocycles. The lowest BCUT2D eigenvalue weighted by Gasteiger charge is -2.24. The van der Waals surface area contributed by atoms with Crippen molar-refractivity contribution < 1.29 is 21.6 Å². The van der Waals surface area contributed by atoms with E-state index in [-0.39, 0.29) is 16.6 Å². The third-order valence-corrected chi connectivity index (χ3v) is 8.80. The molecule has 2 aromatic carbocycles. The maximum atomic E-state index is 12.7. The van der Waals surface area contributed by atoms with Crippen LogP contribution in [0.15, 0.2) is 53.4 Å². The lowest BCUT2D eigenvalue weighted by atomic mass is 10.1. The lowest BCUT2D eigenvalue weighted by molar-refractivity contribution is -0.120. The van der Waals surface area contributed by atoms with Crippen molar-refractivity contribution >= 4 is 37.3 Å². The molecule has 0 radical (unpaired) electrons. The molecule has 9 nitrogen and oxygen atoms in total. The maximum Gasteiger partial charge on any atom is 0.242 e. The largest absolute Gasteiger partial charge is 0.372 e. The summed E-state index contributed by atoms with van der Waals surface area (Å²) in [6.07, 6.45) is 3.39. The van der Waals surface area contributed by atoms with Gasteiger partial charge >= 0.3 is 0 Å². The van der Waals surface area contributed by atoms with Crippen LogP contribution < -0.4 is 14.5 Å². The van der Waals surface area contributed by atoms with Gasteiger partial charge in [-0.3, -0.25) is 9.10 Å². The molecule has 2 aromatic rings. The maximum absolute atomic E-state index is 12.7. The highest BCUT2D eigenvalue weighted by Gasteiger charge is 2.24. The standard InChI is InChI=1S/C23H32N4O5S2/c1-18(19-7-9-20(10-8-19)26-15-5-6-16-26)24-23(28)17-27(33(4,29)30)21-11-13-22(14-12-21)34(31,32)25(2)3/h7-14,18H,5-6,15-17H2,1-4H3,(H,24,28). The molecule has 1 unspecified atom stereocenters. The van der Waals surface area contributed by atoms with Crippen LogP contribution in [-0.4, -0.2) is 67.0 Å². The minimum atomic E-state index is -3.79. The summed E-state index contributed by atoms with van der Waals surface area (Å²) < 4.78 is 51.3. The van der Waals surface area contributed by atoms with Crippen molar-refractivity contribution in [1.29, 1.82) is 0 Å². The van der Waals surface area contributed by atoms with E-state index in [0.717, 1.165) is 39.2 Å². The number of hydrogen-bond acceptors (Lipinski definition) is 6. The summed E-state index contributed by atoms with van der Waals surface area (Å²) in [4.78, 5) is 15.1. The molecule has 11 heteroatoms. The summed E-state index contributed by atoms with van der Waals surface area (Å²) in [5.74, 6) is -0.466. The van der Waals surface area contributed by atoms with Crippen molar-refractivity contribution in [3.63, 3.8) is 0 Å². The van der Waals surface area contributed by atoms with Crippen LogP contribution in [0.5, 0.6) is 0 Å². The molecule has 1 heterocycles. The van der Waals surface area contributed by atoms with Crippen molar-refractivity contribution in [3.05, 3.63) is 54.1 Å². The van der Waals surface area contributed by atoms with Gasteiger partial charge < -0.3 is 10.2 Å². The minimum Gasteiger partial charge on any atom is -0.372 e. The molecule has 0 aromatic heterocycles. The molecule has 1 N–H and O–H groups in total. The second-order valence-corrected chi connectivity index (χ2v) is 12.7. The summed E-state index contributed by atoms with van der Waals surface area (Å²) in [7, 11) is -4.61. The Labute approximate surface area is 202 Å². The highest BCUT2D eigenvalue weighted by molar-refractivity contribution is 7.92. The van der Waals surface area contributed by atoms with Crippen LogP contribution in [0.4, 0.5) is 11.4 Å². The zero-order valence-electron chi connectivity index (χ0n) is 19.9. The van der Waals surface area contributed by atoms with Gasteiger partial charge in [0.1, 0.15) is 6.54 Å². The molecule has 1 aliphatic heterocycles. The van der Waals surface area contributed by atoms with Gasteiger partial charge in [-0.15, -0.1) is 0 Å². The number of nitrogens with one attached hydrogen (secondary N) is 1. The van der Waals surface area contributed by atoms with Crippen LogP contribution in [0.3, 0.4) is 0 Å². The molecule has 1 fully saturated rings. The number of sulfonamides is 2. The smallest absolute Gasteiger partial charge is 0.242 e. The molecular weight excluding hydrogens is 476 g/mol. The van der Waals surface area contributed by atoms with Crippen LogP contribution in [0.25, 0.3) is 0 Å². The second-order valence-electron chi connectivity index (χ2n) is 8.63. The fraction of sp³-hybridized carbons (Fsp3) is 0.435. The van der Waals surface area contributed by atoms with E-state index >= 15 is 0 Å². The molecule has 0 aliphatic carbocycles. The summed E-state index contributed by atoms with van der Waals surface area (Å²) in [5.41, 5.74) is 2.28. The Morgan fingerprint density at radius 1 is 0.971 bits per heavy atom. The third kappa shape index (κ3) is 6.08. The van der Waals surface area contributed by atoms with Gasteiger partial charge in [0.15, 0.2) is 0 Å². The molecule has 34 heavy (non-hydrogen) atoms. The molecule has 0 spiro atoms. The zero-order chi connectivity index (χ0) is 25.1. The first kappa shape index (κ1) is 26.0. The number of anilines is 2. The quantitative estimate of drug-likeness (QED) is 0.556. The minimum absolute atomic E-state index is 0.0325. The van der Waals surface area contributed by atoms with E-state index in [2.05, 4.69) is 10.2 Å². The lowest BCUT2D eigenvalue weighted by Crippen LogP contribution is -2.41. The molecule has 1 aliphatic rings. The predicted molar refractivity (Wildman–Crippen MR) is 134 cm³/mol. The summed E-state index contributed by atoms with van der Waals surface area (Å²) in [6, 6.07) is 13.1. The highest BCUT2D eigenvalue weighted by atomic mass is 32.2. The van der Waals surface area contributed by atoms with Gasteiger partial charge in [-0.25, -0.2) is 21.1 Å². The van der Waals surface area contributed by atoms with Gasteiger partial charge in [-0.1, -0.05) is 12.1 Å². The van der Waals surface area contributed by atoms with Crippen LogP contribution in [0.2, 0.25) is 0 Å². The zero-order valence-corrected chi connectivity index (χ0v) is 21.6. The third-order valence-electron chi connectivity index (χ3n) is 5.83. The Bertz CT molecular complexity index is 1210. The Morgan fingerprint density at radius 3 is 2.03 bits per heavy atom. The fourth-order valence-corrected chi connectivity index (χ4v) is 5.60. The van der Waals surface area contributed by atoms with Crippen LogP contribution in [0.1, 0.15) is 31.4 Å². The SMILES string of the molecule is CC(NC(=O)CN(c1ccc(S(=O)(=O)N(C)C)cc1)S(C)(=O)=O)c1ccc(N2CCCC2)cc1. The number of carbonyl (C=O) groups excluding carboxylic acids is 1. The van der Waals surface area contributed by atoms with Crippen molar-refractivity contribution in [2.75, 3.05) is 49.2 Å². The fourth-order valence-electron chi connectivity index (χ4n) is 3.85. The average Bonchev–Trinajstić information content (AvgIpc) is 3.32. The molecule has 1 amide bonds. The Kier molecular flexibility index (Phi) is 7.89. The van der Waals surface area contributed by atoms with E-state index in [9.17, 15) is 21.6 Å². The predicted octanol–water partition coefficient (Wildman–Crippen LogP) is 2.18. The van der Waals surface area contributed by atoms with Gasteiger partial charge in [0.05, 0.1) is 22.9 Å². The highest BCUT2D eigenvalue weighted by Crippen LogP contribution is 2.24. The molecular formula is C23H32N4O5S2. The van der Waals surface area contributed by atoms with E-state index < -0.39 is 32.5 Å². The second kappa shape index (κ2) is 10.3. The Morgan fingerprint density at radius 2 is 1.53 bits per heavy atom. The molecule has 1 atom stereocenters. The van der Waals surface area contributed by atoms with Gasteiger partial charge in [-0.05, 0) is 61.7 Å². The van der Waals surface area contributed by atoms with Gasteiger partial charge in [0.2, 0.25) is 26.0 Å². The molecule has 3 rings (SSSR count). The number of benzene rings is 2. The summed E-state index contributed by atoms with van der Waals surface area (Å²) in [5, 5.41) is 2.85. The van der Waals surface area contributed by atoms with Crippen molar-refractivity contribution in [3.8, 4) is 0 Å². The van der Waals surface area contributed by atoms with Crippen LogP contribution in [0, 0.1) is 0 Å². The van der Waals surface area contributed by atoms with Gasteiger partial charge in [0, 0.05) is 32.9 Å². The van der Waals surface area contributed by atoms with E-state index in [0.29, 0.717) is 0 Å². The first-order chi connectivity index (χ1) is 15.9. The van der Waals surface area contributed by atoms with Crippen molar-refractivity contribution in [2.45, 2.75) is 30.7 Å². The number of rotatable bonds is 9. The van der Waals surface area contributed by atoms with E-state index in [1.807, 2.05) is 31.2 Å². The first-order valence-corrected chi connectivity index (χ1v) is 14.3. The number of hydrogen-bond donors (Lipinski definition) is 1. The normalized spacial score (nSPS) is 15.4. The average molecular weight is 509 g/mol. The Hall–Kier alpha value is -2.63. The molecule has 186 valence electrons. The molecule has 0 bridgehead atoms. The van der Waals surface area contributed by atoms with Crippen LogP contribution >= 0.6 is 0 Å². The number of carbonyl (C=O) groups is 1. The summed E-state index contributed by atoms with van der Waals surface area (Å²) in [6.45, 7) is 3.52. The summed E-state index contributed by atoms with van der Waals surface area (Å²) >= 11 is 0. The van der Waals surface area contributed by atoms with Gasteiger partial charge in [-0.2, -0.15) is 0 Å². The van der Waals surface area contributed by atoms with E-state index in [4.69, 9.17) is 0 Å². The van der Waals surface area contributed by atoms with E-state index in [1.165, 1.54) is 51.2 Å². The van der Waals surface area contributed by atoms with Crippen molar-refractivity contribution in [1.82, 2.24) is 9.62 Å². The van der Waals surface area contributed by atoms with Gasteiger partial charge in [0.25, 0.3) is 0 Å². The van der Waals surface area contributed by atoms with Crippen molar-refractivity contribution in [2.24, 2.45) is 0 Å². The first-order valence-electron chi connectivity index (χ1n) is 11.0. The van der Waals surface area contributed by atoms with E-state index in [1.54, 1.807) is 0 Å². The number of nitrogens with zero attached hydrogens (tertiary/aromatic N) is 3. The topological polar surface area (TPSA) is 107 Å². The molecule has 0 saturated carbocycles. The number of amides is 1. The Balaban J connectivity index is 1.70. The van der Waals surface area contributed by atoms with Crippen LogP contribution in [-0.2, 0) is 24.8 Å². The monoisotopic (exact) mass is 508 g/mol.